The summed E-state index contributed by atoms with van der Waals surface area (Å²) in [5.41, 5.74) is 4.08. The second-order valence-electron chi connectivity index (χ2n) is 8.67. The second kappa shape index (κ2) is 11.3. The fourth-order valence-corrected chi connectivity index (χ4v) is 4.31. The summed E-state index contributed by atoms with van der Waals surface area (Å²) < 4.78 is 0. The molecule has 0 spiro atoms. The summed E-state index contributed by atoms with van der Waals surface area (Å²) in [4.78, 5) is 47.5. The van der Waals surface area contributed by atoms with Crippen LogP contribution in [-0.4, -0.2) is 32.9 Å². The molecule has 0 saturated heterocycles. The highest BCUT2D eigenvalue weighted by molar-refractivity contribution is 6.17. The van der Waals surface area contributed by atoms with Crippen molar-refractivity contribution in [3.8, 4) is 0 Å². The van der Waals surface area contributed by atoms with E-state index in [1.807, 2.05) is 30.3 Å². The van der Waals surface area contributed by atoms with Gasteiger partial charge in [0.15, 0.2) is 0 Å². The van der Waals surface area contributed by atoms with Gasteiger partial charge in [0.2, 0.25) is 11.8 Å². The van der Waals surface area contributed by atoms with Gasteiger partial charge in [-0.1, -0.05) is 54.6 Å². The number of nitrogens with zero attached hydrogens (tertiary/aromatic N) is 2. The number of aromatic nitrogens is 2. The van der Waals surface area contributed by atoms with Crippen molar-refractivity contribution in [3.05, 3.63) is 115 Å². The van der Waals surface area contributed by atoms with Crippen LogP contribution >= 0.6 is 0 Å². The quantitative estimate of drug-likeness (QED) is 0.107. The molecule has 0 radical (unpaired) electrons. The molecule has 0 fully saturated rings. The average Bonchev–Trinajstić information content (AvgIpc) is 2.96. The number of amides is 3. The standard InChI is InChI=1S/C30H23N5O4/c36-26(35-39)13-12-19-5-1-8-22(17-19)27(29(37)33-24-10-2-6-20-14-16-31-18-23(20)24)30(38)34-25-11-3-7-21-9-4-15-32-28(21)25/h1-18,27,39H,(H,33,37)(H,34,38)(H,35,36)/b13-12+. The number of para-hydroxylation sites is 1. The van der Waals surface area contributed by atoms with E-state index in [2.05, 4.69) is 20.6 Å². The van der Waals surface area contributed by atoms with E-state index in [-0.39, 0.29) is 0 Å². The van der Waals surface area contributed by atoms with E-state index < -0.39 is 23.6 Å². The zero-order valence-corrected chi connectivity index (χ0v) is 20.5. The Morgan fingerprint density at radius 2 is 1.51 bits per heavy atom. The Morgan fingerprint density at radius 1 is 0.795 bits per heavy atom. The first-order valence-corrected chi connectivity index (χ1v) is 12.0. The van der Waals surface area contributed by atoms with Crippen LogP contribution in [0.3, 0.4) is 0 Å². The van der Waals surface area contributed by atoms with Crippen LogP contribution in [0.15, 0.2) is 104 Å². The average molecular weight is 518 g/mol. The van der Waals surface area contributed by atoms with Crippen molar-refractivity contribution in [3.63, 3.8) is 0 Å². The minimum atomic E-state index is -1.25. The molecule has 39 heavy (non-hydrogen) atoms. The van der Waals surface area contributed by atoms with E-state index in [4.69, 9.17) is 5.21 Å². The second-order valence-corrected chi connectivity index (χ2v) is 8.67. The first-order chi connectivity index (χ1) is 19.0. The highest BCUT2D eigenvalue weighted by atomic mass is 16.5. The Hall–Kier alpha value is -5.41. The van der Waals surface area contributed by atoms with E-state index in [9.17, 15) is 14.4 Å². The van der Waals surface area contributed by atoms with Gasteiger partial charge in [-0.05, 0) is 46.9 Å². The molecule has 0 saturated carbocycles. The molecule has 2 heterocycles. The van der Waals surface area contributed by atoms with Gasteiger partial charge in [0.25, 0.3) is 5.91 Å². The van der Waals surface area contributed by atoms with E-state index in [0.717, 1.165) is 22.2 Å². The van der Waals surface area contributed by atoms with Crippen molar-refractivity contribution in [1.29, 1.82) is 0 Å². The summed E-state index contributed by atoms with van der Waals surface area (Å²) in [6, 6.07) is 23.1. The molecule has 9 nitrogen and oxygen atoms in total. The smallest absolute Gasteiger partial charge is 0.267 e. The topological polar surface area (TPSA) is 133 Å². The van der Waals surface area contributed by atoms with Crippen LogP contribution in [0.25, 0.3) is 27.8 Å². The van der Waals surface area contributed by atoms with Crippen LogP contribution in [0.4, 0.5) is 11.4 Å². The van der Waals surface area contributed by atoms with Crippen molar-refractivity contribution in [2.45, 2.75) is 5.92 Å². The summed E-state index contributed by atoms with van der Waals surface area (Å²) >= 11 is 0. The molecule has 0 bridgehead atoms. The predicted octanol–water partition coefficient (Wildman–Crippen LogP) is 4.66. The van der Waals surface area contributed by atoms with Crippen molar-refractivity contribution < 1.29 is 19.6 Å². The molecular weight excluding hydrogens is 494 g/mol. The zero-order chi connectivity index (χ0) is 27.2. The van der Waals surface area contributed by atoms with Gasteiger partial charge in [0, 0.05) is 35.4 Å². The van der Waals surface area contributed by atoms with Crippen LogP contribution in [0.1, 0.15) is 17.0 Å². The van der Waals surface area contributed by atoms with Crippen molar-refractivity contribution in [2.75, 3.05) is 10.6 Å². The summed E-state index contributed by atoms with van der Waals surface area (Å²) in [7, 11) is 0. The van der Waals surface area contributed by atoms with Gasteiger partial charge >= 0.3 is 0 Å². The molecule has 5 aromatic rings. The first kappa shape index (κ1) is 25.2. The number of carbonyl (C=O) groups excluding carboxylic acids is 3. The fourth-order valence-electron chi connectivity index (χ4n) is 4.31. The predicted molar refractivity (Wildman–Crippen MR) is 149 cm³/mol. The van der Waals surface area contributed by atoms with E-state index in [1.54, 1.807) is 67.1 Å². The van der Waals surface area contributed by atoms with Gasteiger partial charge in [-0.15, -0.1) is 0 Å². The number of rotatable bonds is 7. The summed E-state index contributed by atoms with van der Waals surface area (Å²) in [5.74, 6) is -3.07. The Bertz CT molecular complexity index is 1630. The van der Waals surface area contributed by atoms with Crippen LogP contribution < -0.4 is 16.1 Å². The number of carbonyl (C=O) groups is 3. The highest BCUT2D eigenvalue weighted by Crippen LogP contribution is 2.28. The van der Waals surface area contributed by atoms with Crippen LogP contribution in [0.2, 0.25) is 0 Å². The molecule has 2 aromatic heterocycles. The third kappa shape index (κ3) is 5.63. The van der Waals surface area contributed by atoms with Crippen molar-refractivity contribution in [1.82, 2.24) is 15.4 Å². The monoisotopic (exact) mass is 517 g/mol. The minimum Gasteiger partial charge on any atom is -0.324 e. The molecule has 4 N–H and O–H groups in total. The Morgan fingerprint density at radius 3 is 2.33 bits per heavy atom. The number of anilines is 2. The van der Waals surface area contributed by atoms with Gasteiger partial charge in [0.1, 0.15) is 5.92 Å². The lowest BCUT2D eigenvalue weighted by Crippen LogP contribution is -2.32. The SMILES string of the molecule is O=C(/C=C/c1cccc(C(C(=O)Nc2cccc3ccncc23)C(=O)Nc2cccc3cccnc23)c1)NO. The highest BCUT2D eigenvalue weighted by Gasteiger charge is 2.30. The molecule has 0 aliphatic heterocycles. The van der Waals surface area contributed by atoms with Crippen molar-refractivity contribution >= 4 is 56.8 Å². The lowest BCUT2D eigenvalue weighted by atomic mass is 9.94. The summed E-state index contributed by atoms with van der Waals surface area (Å²) in [6.45, 7) is 0. The molecule has 0 aliphatic rings. The van der Waals surface area contributed by atoms with Crippen LogP contribution in [0.5, 0.6) is 0 Å². The third-order valence-corrected chi connectivity index (χ3v) is 6.14. The Kier molecular flexibility index (Phi) is 7.33. The molecular formula is C30H23N5O4. The van der Waals surface area contributed by atoms with Crippen LogP contribution in [0, 0.1) is 0 Å². The van der Waals surface area contributed by atoms with E-state index in [1.165, 1.54) is 11.6 Å². The maximum absolute atomic E-state index is 13.8. The largest absolute Gasteiger partial charge is 0.324 e. The normalized spacial score (nSPS) is 11.8. The first-order valence-electron chi connectivity index (χ1n) is 12.0. The fraction of sp³-hybridized carbons (Fsp3) is 0.0333. The maximum atomic E-state index is 13.8. The Labute approximate surface area is 223 Å². The number of hydrogen-bond acceptors (Lipinski definition) is 6. The molecule has 9 heteroatoms. The van der Waals surface area contributed by atoms with Gasteiger partial charge in [-0.3, -0.25) is 29.6 Å². The third-order valence-electron chi connectivity index (χ3n) is 6.14. The van der Waals surface area contributed by atoms with E-state index >= 15 is 0 Å². The number of hydroxylamine groups is 1. The molecule has 5 rings (SSSR count). The molecule has 1 unspecified atom stereocenters. The lowest BCUT2D eigenvalue weighted by molar-refractivity contribution is -0.126. The lowest BCUT2D eigenvalue weighted by Gasteiger charge is -2.19. The molecule has 192 valence electrons. The maximum Gasteiger partial charge on any atom is 0.267 e. The van der Waals surface area contributed by atoms with E-state index in [0.29, 0.717) is 28.0 Å². The summed E-state index contributed by atoms with van der Waals surface area (Å²) in [5, 5.41) is 17.0. The van der Waals surface area contributed by atoms with Gasteiger partial charge in [-0.25, -0.2) is 5.48 Å². The number of benzene rings is 3. The van der Waals surface area contributed by atoms with Gasteiger partial charge < -0.3 is 10.6 Å². The Balaban J connectivity index is 1.52. The molecule has 3 amide bonds. The molecule has 1 atom stereocenters. The van der Waals surface area contributed by atoms with Gasteiger partial charge in [0.05, 0.1) is 16.9 Å². The number of hydrogen-bond donors (Lipinski definition) is 4. The summed E-state index contributed by atoms with van der Waals surface area (Å²) in [6.07, 6.45) is 7.55. The molecule has 3 aromatic carbocycles. The van der Waals surface area contributed by atoms with Crippen molar-refractivity contribution in [2.24, 2.45) is 0 Å². The minimum absolute atomic E-state index is 0.406. The number of nitrogens with one attached hydrogen (secondary N) is 3. The number of fused-ring (bicyclic) bond motifs is 2. The molecule has 0 aliphatic carbocycles. The number of pyridine rings is 2. The van der Waals surface area contributed by atoms with Crippen LogP contribution in [-0.2, 0) is 14.4 Å². The zero-order valence-electron chi connectivity index (χ0n) is 20.5. The van der Waals surface area contributed by atoms with Gasteiger partial charge in [-0.2, -0.15) is 0 Å².